The number of amides is 1. The average Bonchev–Trinajstić information content (AvgIpc) is 2.60. The lowest BCUT2D eigenvalue weighted by Gasteiger charge is -2.33. The van der Waals surface area contributed by atoms with Gasteiger partial charge in [0.15, 0.2) is 0 Å². The maximum Gasteiger partial charge on any atom is 0.217 e. The summed E-state index contributed by atoms with van der Waals surface area (Å²) in [5, 5.41) is 2.81. The molecular formula is C17H22N6O. The second-order valence-electron chi connectivity index (χ2n) is 6.02. The maximum atomic E-state index is 11.2. The summed E-state index contributed by atoms with van der Waals surface area (Å²) in [4.78, 5) is 31.0. The number of carbonyl (C=O) groups excluding carboxylic acids is 1. The zero-order chi connectivity index (χ0) is 16.9. The molecule has 0 saturated carbocycles. The van der Waals surface area contributed by atoms with Crippen molar-refractivity contribution in [1.82, 2.24) is 25.3 Å². The van der Waals surface area contributed by atoms with Crippen LogP contribution in [0.1, 0.15) is 42.9 Å². The van der Waals surface area contributed by atoms with Crippen LogP contribution in [-0.4, -0.2) is 38.9 Å². The number of rotatable bonds is 4. The van der Waals surface area contributed by atoms with E-state index in [2.05, 4.69) is 30.2 Å². The predicted molar refractivity (Wildman–Crippen MR) is 90.5 cm³/mol. The molecule has 24 heavy (non-hydrogen) atoms. The fourth-order valence-corrected chi connectivity index (χ4v) is 3.06. The van der Waals surface area contributed by atoms with Crippen molar-refractivity contribution in [3.05, 3.63) is 41.9 Å². The number of hydrogen-bond donors (Lipinski definition) is 1. The number of piperidine rings is 1. The van der Waals surface area contributed by atoms with Crippen LogP contribution in [0, 0.1) is 6.92 Å². The average molecular weight is 326 g/mol. The zero-order valence-electron chi connectivity index (χ0n) is 14.1. The topological polar surface area (TPSA) is 83.9 Å². The van der Waals surface area contributed by atoms with Crippen LogP contribution in [-0.2, 0) is 11.3 Å². The van der Waals surface area contributed by atoms with Gasteiger partial charge in [0, 0.05) is 44.5 Å². The van der Waals surface area contributed by atoms with Crippen LogP contribution < -0.4 is 10.2 Å². The molecule has 1 aliphatic rings. The summed E-state index contributed by atoms with van der Waals surface area (Å²) in [5.41, 5.74) is 1.87. The van der Waals surface area contributed by atoms with E-state index in [9.17, 15) is 4.79 Å². The Morgan fingerprint density at radius 3 is 2.67 bits per heavy atom. The first-order valence-electron chi connectivity index (χ1n) is 8.22. The lowest BCUT2D eigenvalue weighted by Crippen LogP contribution is -2.34. The highest BCUT2D eigenvalue weighted by Crippen LogP contribution is 2.29. The van der Waals surface area contributed by atoms with Crippen molar-refractivity contribution >= 4 is 11.7 Å². The first-order chi connectivity index (χ1) is 11.6. The molecule has 0 atom stereocenters. The fraction of sp³-hybridized carbons (Fsp3) is 0.471. The molecule has 1 amide bonds. The summed E-state index contributed by atoms with van der Waals surface area (Å²) in [6.45, 7) is 5.71. The molecule has 0 spiro atoms. The summed E-state index contributed by atoms with van der Waals surface area (Å²) < 4.78 is 0. The lowest BCUT2D eigenvalue weighted by atomic mass is 9.92. The summed E-state index contributed by atoms with van der Waals surface area (Å²) in [7, 11) is 0. The maximum absolute atomic E-state index is 11.2. The molecule has 0 radical (unpaired) electrons. The van der Waals surface area contributed by atoms with E-state index in [1.165, 1.54) is 6.92 Å². The molecular weight excluding hydrogens is 304 g/mol. The highest BCUT2D eigenvalue weighted by Gasteiger charge is 2.24. The van der Waals surface area contributed by atoms with Crippen molar-refractivity contribution in [3.63, 3.8) is 0 Å². The Balaban J connectivity index is 1.67. The SMILES string of the molecule is CC(=O)NCc1nccnc1C1CCN(c2ccnc(C)n2)CC1. The van der Waals surface area contributed by atoms with Crippen molar-refractivity contribution in [2.45, 2.75) is 39.2 Å². The first kappa shape index (κ1) is 16.3. The Morgan fingerprint density at radius 1 is 1.21 bits per heavy atom. The molecule has 1 saturated heterocycles. The van der Waals surface area contributed by atoms with Crippen molar-refractivity contribution in [3.8, 4) is 0 Å². The molecule has 0 unspecified atom stereocenters. The van der Waals surface area contributed by atoms with Crippen molar-refractivity contribution in [2.75, 3.05) is 18.0 Å². The van der Waals surface area contributed by atoms with Crippen LogP contribution in [0.15, 0.2) is 24.7 Å². The quantitative estimate of drug-likeness (QED) is 0.918. The monoisotopic (exact) mass is 326 g/mol. The predicted octanol–water partition coefficient (Wildman–Crippen LogP) is 1.60. The minimum Gasteiger partial charge on any atom is -0.356 e. The molecule has 0 aromatic carbocycles. The van der Waals surface area contributed by atoms with E-state index in [1.807, 2.05) is 13.0 Å². The van der Waals surface area contributed by atoms with E-state index < -0.39 is 0 Å². The van der Waals surface area contributed by atoms with Gasteiger partial charge in [-0.05, 0) is 25.8 Å². The van der Waals surface area contributed by atoms with E-state index in [1.54, 1.807) is 18.6 Å². The Bertz CT molecular complexity index is 712. The molecule has 1 fully saturated rings. The third kappa shape index (κ3) is 3.84. The third-order valence-electron chi connectivity index (χ3n) is 4.28. The lowest BCUT2D eigenvalue weighted by molar-refractivity contribution is -0.119. The molecule has 3 rings (SSSR count). The summed E-state index contributed by atoms with van der Waals surface area (Å²) in [5.74, 6) is 2.09. The number of anilines is 1. The molecule has 3 heterocycles. The van der Waals surface area contributed by atoms with Gasteiger partial charge in [-0.15, -0.1) is 0 Å². The van der Waals surface area contributed by atoms with E-state index in [0.717, 1.165) is 49.0 Å². The molecule has 1 aliphatic heterocycles. The second-order valence-corrected chi connectivity index (χ2v) is 6.02. The smallest absolute Gasteiger partial charge is 0.217 e. The van der Waals surface area contributed by atoms with Gasteiger partial charge in [0.25, 0.3) is 0 Å². The first-order valence-corrected chi connectivity index (χ1v) is 8.22. The van der Waals surface area contributed by atoms with Crippen LogP contribution in [0.2, 0.25) is 0 Å². The summed E-state index contributed by atoms with van der Waals surface area (Å²) in [6.07, 6.45) is 7.20. The third-order valence-corrected chi connectivity index (χ3v) is 4.28. The normalized spacial score (nSPS) is 15.3. The highest BCUT2D eigenvalue weighted by molar-refractivity contribution is 5.72. The molecule has 1 N–H and O–H groups in total. The summed E-state index contributed by atoms with van der Waals surface area (Å²) >= 11 is 0. The molecule has 2 aromatic rings. The van der Waals surface area contributed by atoms with Gasteiger partial charge in [-0.25, -0.2) is 9.97 Å². The van der Waals surface area contributed by atoms with Crippen LogP contribution in [0.4, 0.5) is 5.82 Å². The van der Waals surface area contributed by atoms with Gasteiger partial charge in [-0.2, -0.15) is 0 Å². The summed E-state index contributed by atoms with van der Waals surface area (Å²) in [6, 6.07) is 1.96. The van der Waals surface area contributed by atoms with Crippen molar-refractivity contribution < 1.29 is 4.79 Å². The van der Waals surface area contributed by atoms with Crippen LogP contribution in [0.3, 0.4) is 0 Å². The number of hydrogen-bond acceptors (Lipinski definition) is 6. The van der Waals surface area contributed by atoms with Gasteiger partial charge in [0.05, 0.1) is 17.9 Å². The van der Waals surface area contributed by atoms with Gasteiger partial charge >= 0.3 is 0 Å². The number of nitrogens with one attached hydrogen (secondary N) is 1. The van der Waals surface area contributed by atoms with Gasteiger partial charge in [-0.1, -0.05) is 0 Å². The number of carbonyl (C=O) groups is 1. The van der Waals surface area contributed by atoms with E-state index in [0.29, 0.717) is 12.5 Å². The highest BCUT2D eigenvalue weighted by atomic mass is 16.1. The minimum atomic E-state index is -0.0550. The largest absolute Gasteiger partial charge is 0.356 e. The number of aryl methyl sites for hydroxylation is 1. The second kappa shape index (κ2) is 7.33. The van der Waals surface area contributed by atoms with Crippen LogP contribution >= 0.6 is 0 Å². The molecule has 0 aliphatic carbocycles. The standard InChI is InChI=1S/C17H22N6O/c1-12-18-6-3-16(22-12)23-9-4-14(5-10-23)17-15(11-21-13(2)24)19-7-8-20-17/h3,6-8,14H,4-5,9-11H2,1-2H3,(H,21,24). The van der Waals surface area contributed by atoms with Crippen molar-refractivity contribution in [1.29, 1.82) is 0 Å². The van der Waals surface area contributed by atoms with Gasteiger partial charge in [0.1, 0.15) is 11.6 Å². The van der Waals surface area contributed by atoms with E-state index in [4.69, 9.17) is 0 Å². The molecule has 126 valence electrons. The molecule has 7 heteroatoms. The fourth-order valence-electron chi connectivity index (χ4n) is 3.06. The minimum absolute atomic E-state index is 0.0550. The van der Waals surface area contributed by atoms with Crippen LogP contribution in [0.5, 0.6) is 0 Å². The molecule has 7 nitrogen and oxygen atoms in total. The van der Waals surface area contributed by atoms with Crippen molar-refractivity contribution in [2.24, 2.45) is 0 Å². The Morgan fingerprint density at radius 2 is 1.96 bits per heavy atom. The van der Waals surface area contributed by atoms with Gasteiger partial charge < -0.3 is 10.2 Å². The van der Waals surface area contributed by atoms with Crippen LogP contribution in [0.25, 0.3) is 0 Å². The Hall–Kier alpha value is -2.57. The molecule has 0 bridgehead atoms. The Kier molecular flexibility index (Phi) is 4.98. The molecule has 2 aromatic heterocycles. The Labute approximate surface area is 141 Å². The van der Waals surface area contributed by atoms with Gasteiger partial charge in [0.2, 0.25) is 5.91 Å². The van der Waals surface area contributed by atoms with Gasteiger partial charge in [-0.3, -0.25) is 14.8 Å². The zero-order valence-corrected chi connectivity index (χ0v) is 14.1. The number of aromatic nitrogens is 4. The number of nitrogens with zero attached hydrogens (tertiary/aromatic N) is 5. The van der Waals surface area contributed by atoms with E-state index >= 15 is 0 Å². The van der Waals surface area contributed by atoms with E-state index in [-0.39, 0.29) is 5.91 Å².